The number of anilines is 1. The molecular formula is C19H20N4OS. The number of amides is 1. The molecule has 0 aliphatic heterocycles. The Balaban J connectivity index is 1.51. The van der Waals surface area contributed by atoms with E-state index in [4.69, 9.17) is 0 Å². The third kappa shape index (κ3) is 4.93. The number of nitrogens with zero attached hydrogens (tertiary/aromatic N) is 3. The summed E-state index contributed by atoms with van der Waals surface area (Å²) in [5.41, 5.74) is 3.21. The molecule has 0 saturated carbocycles. The minimum atomic E-state index is 0.0225. The second kappa shape index (κ2) is 7.98. The van der Waals surface area contributed by atoms with Gasteiger partial charge in [0.15, 0.2) is 5.16 Å². The molecule has 0 unspecified atom stereocenters. The van der Waals surface area contributed by atoms with Crippen LogP contribution in [0.3, 0.4) is 0 Å². The third-order valence-corrected chi connectivity index (χ3v) is 4.84. The number of hydrogen-bond acceptors (Lipinski definition) is 4. The second-order valence-electron chi connectivity index (χ2n) is 5.88. The predicted octanol–water partition coefficient (Wildman–Crippen LogP) is 3.85. The molecule has 0 aliphatic rings. The molecule has 25 heavy (non-hydrogen) atoms. The zero-order valence-corrected chi connectivity index (χ0v) is 15.1. The number of benzene rings is 2. The fraction of sp³-hybridized carbons (Fsp3) is 0.211. The summed E-state index contributed by atoms with van der Waals surface area (Å²) in [5.74, 6) is 0.0225. The van der Waals surface area contributed by atoms with Crippen LogP contribution in [0.15, 0.2) is 64.9 Å². The first kappa shape index (κ1) is 17.2. The van der Waals surface area contributed by atoms with Crippen LogP contribution in [-0.2, 0) is 18.3 Å². The highest BCUT2D eigenvalue weighted by molar-refractivity contribution is 7.99. The first-order chi connectivity index (χ1) is 12.1. The maximum Gasteiger partial charge on any atom is 0.224 e. The van der Waals surface area contributed by atoms with Crippen molar-refractivity contribution in [1.82, 2.24) is 14.8 Å². The van der Waals surface area contributed by atoms with Crippen molar-refractivity contribution in [2.75, 3.05) is 5.32 Å². The summed E-state index contributed by atoms with van der Waals surface area (Å²) >= 11 is 1.53. The van der Waals surface area contributed by atoms with E-state index < -0.39 is 0 Å². The number of aromatic nitrogens is 3. The average molecular weight is 352 g/mol. The molecule has 0 bridgehead atoms. The van der Waals surface area contributed by atoms with E-state index in [0.717, 1.165) is 22.2 Å². The van der Waals surface area contributed by atoms with Crippen LogP contribution in [0, 0.1) is 6.92 Å². The molecule has 128 valence electrons. The summed E-state index contributed by atoms with van der Waals surface area (Å²) in [6.45, 7) is 2.06. The van der Waals surface area contributed by atoms with E-state index in [1.54, 1.807) is 6.33 Å². The lowest BCUT2D eigenvalue weighted by atomic mass is 10.1. The molecular weight excluding hydrogens is 332 g/mol. The summed E-state index contributed by atoms with van der Waals surface area (Å²) in [7, 11) is 1.91. The van der Waals surface area contributed by atoms with Gasteiger partial charge in [0.1, 0.15) is 6.33 Å². The summed E-state index contributed by atoms with van der Waals surface area (Å²) in [6.07, 6.45) is 2.88. The quantitative estimate of drug-likeness (QED) is 0.732. The molecule has 6 heteroatoms. The first-order valence-corrected chi connectivity index (χ1v) is 8.89. The van der Waals surface area contributed by atoms with Gasteiger partial charge in [-0.1, -0.05) is 29.8 Å². The van der Waals surface area contributed by atoms with Crippen molar-refractivity contribution in [2.45, 2.75) is 29.8 Å². The van der Waals surface area contributed by atoms with Crippen LogP contribution in [0.2, 0.25) is 0 Å². The second-order valence-corrected chi connectivity index (χ2v) is 6.93. The molecule has 0 fully saturated rings. The van der Waals surface area contributed by atoms with Crippen molar-refractivity contribution >= 4 is 23.4 Å². The van der Waals surface area contributed by atoms with Crippen molar-refractivity contribution in [3.8, 4) is 0 Å². The van der Waals surface area contributed by atoms with E-state index in [0.29, 0.717) is 6.42 Å². The normalized spacial score (nSPS) is 10.6. The molecule has 1 aromatic heterocycles. The van der Waals surface area contributed by atoms with Gasteiger partial charge in [-0.2, -0.15) is 0 Å². The van der Waals surface area contributed by atoms with Gasteiger partial charge < -0.3 is 9.88 Å². The highest BCUT2D eigenvalue weighted by atomic mass is 32.2. The van der Waals surface area contributed by atoms with Crippen molar-refractivity contribution in [1.29, 1.82) is 0 Å². The molecule has 1 amide bonds. The average Bonchev–Trinajstić information content (AvgIpc) is 3.01. The Labute approximate surface area is 151 Å². The van der Waals surface area contributed by atoms with Crippen LogP contribution in [0.1, 0.15) is 17.5 Å². The maximum atomic E-state index is 12.1. The van der Waals surface area contributed by atoms with E-state index in [1.807, 2.05) is 35.9 Å². The van der Waals surface area contributed by atoms with Gasteiger partial charge in [-0.25, -0.2) is 0 Å². The molecule has 0 saturated heterocycles. The van der Waals surface area contributed by atoms with Crippen molar-refractivity contribution in [3.63, 3.8) is 0 Å². The molecule has 0 aliphatic carbocycles. The van der Waals surface area contributed by atoms with E-state index >= 15 is 0 Å². The molecule has 1 N–H and O–H groups in total. The first-order valence-electron chi connectivity index (χ1n) is 8.07. The van der Waals surface area contributed by atoms with Crippen molar-refractivity contribution in [3.05, 3.63) is 66.0 Å². The van der Waals surface area contributed by atoms with Gasteiger partial charge >= 0.3 is 0 Å². The predicted molar refractivity (Wildman–Crippen MR) is 99.7 cm³/mol. The van der Waals surface area contributed by atoms with Crippen molar-refractivity contribution < 1.29 is 4.79 Å². The SMILES string of the molecule is Cc1ccc(CCC(=O)Nc2ccc(Sc3nncn3C)cc2)cc1. The Morgan fingerprint density at radius 1 is 1.12 bits per heavy atom. The van der Waals surface area contributed by atoms with Gasteiger partial charge in [0.05, 0.1) is 0 Å². The number of carbonyl (C=O) groups is 1. The van der Waals surface area contributed by atoms with E-state index in [-0.39, 0.29) is 5.91 Å². The molecule has 2 aromatic carbocycles. The van der Waals surface area contributed by atoms with Crippen LogP contribution >= 0.6 is 11.8 Å². The fourth-order valence-electron chi connectivity index (χ4n) is 2.31. The number of hydrogen-bond donors (Lipinski definition) is 1. The van der Waals surface area contributed by atoms with Crippen LogP contribution in [0.4, 0.5) is 5.69 Å². The van der Waals surface area contributed by atoms with Crippen LogP contribution in [0.5, 0.6) is 0 Å². The largest absolute Gasteiger partial charge is 0.326 e. The van der Waals surface area contributed by atoms with Crippen LogP contribution in [-0.4, -0.2) is 20.7 Å². The Morgan fingerprint density at radius 2 is 1.84 bits per heavy atom. The van der Waals surface area contributed by atoms with Gasteiger partial charge in [0.2, 0.25) is 5.91 Å². The zero-order chi connectivity index (χ0) is 17.6. The van der Waals surface area contributed by atoms with Gasteiger partial charge in [0, 0.05) is 24.1 Å². The Morgan fingerprint density at radius 3 is 2.48 bits per heavy atom. The summed E-state index contributed by atoms with van der Waals surface area (Å²) in [6, 6.07) is 16.0. The number of carbonyl (C=O) groups excluding carboxylic acids is 1. The highest BCUT2D eigenvalue weighted by Crippen LogP contribution is 2.26. The number of nitrogens with one attached hydrogen (secondary N) is 1. The Hall–Kier alpha value is -2.60. The lowest BCUT2D eigenvalue weighted by Crippen LogP contribution is -2.12. The third-order valence-electron chi connectivity index (χ3n) is 3.78. The summed E-state index contributed by atoms with van der Waals surface area (Å²) in [5, 5.41) is 11.7. The minimum absolute atomic E-state index is 0.0225. The summed E-state index contributed by atoms with van der Waals surface area (Å²) in [4.78, 5) is 13.2. The van der Waals surface area contributed by atoms with Gasteiger partial charge in [-0.05, 0) is 54.9 Å². The maximum absolute atomic E-state index is 12.1. The Bertz CT molecular complexity index is 841. The van der Waals surface area contributed by atoms with E-state index in [2.05, 4.69) is 46.7 Å². The number of aryl methyl sites for hydroxylation is 3. The lowest BCUT2D eigenvalue weighted by molar-refractivity contribution is -0.116. The molecule has 1 heterocycles. The number of rotatable bonds is 6. The van der Waals surface area contributed by atoms with Gasteiger partial charge in [-0.3, -0.25) is 4.79 Å². The van der Waals surface area contributed by atoms with E-state index in [1.165, 1.54) is 22.9 Å². The minimum Gasteiger partial charge on any atom is -0.326 e. The highest BCUT2D eigenvalue weighted by Gasteiger charge is 2.06. The topological polar surface area (TPSA) is 59.8 Å². The monoisotopic (exact) mass is 352 g/mol. The zero-order valence-electron chi connectivity index (χ0n) is 14.3. The van der Waals surface area contributed by atoms with Gasteiger partial charge in [0.25, 0.3) is 0 Å². The Kier molecular flexibility index (Phi) is 5.50. The van der Waals surface area contributed by atoms with Crippen LogP contribution < -0.4 is 5.32 Å². The smallest absolute Gasteiger partial charge is 0.224 e. The molecule has 0 radical (unpaired) electrons. The van der Waals surface area contributed by atoms with E-state index in [9.17, 15) is 4.79 Å². The molecule has 3 aromatic rings. The fourth-order valence-corrected chi connectivity index (χ4v) is 3.07. The van der Waals surface area contributed by atoms with Crippen molar-refractivity contribution in [2.24, 2.45) is 7.05 Å². The van der Waals surface area contributed by atoms with Crippen LogP contribution in [0.25, 0.3) is 0 Å². The molecule has 0 atom stereocenters. The summed E-state index contributed by atoms with van der Waals surface area (Å²) < 4.78 is 1.87. The standard InChI is InChI=1S/C19H20N4OS/c1-14-3-5-15(6-4-14)7-12-18(24)21-16-8-10-17(11-9-16)25-19-22-20-13-23(19)2/h3-6,8-11,13H,7,12H2,1-2H3,(H,21,24). The molecule has 5 nitrogen and oxygen atoms in total. The van der Waals surface area contributed by atoms with Gasteiger partial charge in [-0.15, -0.1) is 10.2 Å². The molecule has 0 spiro atoms. The lowest BCUT2D eigenvalue weighted by Gasteiger charge is -2.07. The molecule has 3 rings (SSSR count).